The Morgan fingerprint density at radius 1 is 0.725 bits per heavy atom. The number of hydrogen-bond donors (Lipinski definition) is 3. The van der Waals surface area contributed by atoms with E-state index in [4.69, 9.17) is 11.5 Å². The molecule has 3 aromatic rings. The summed E-state index contributed by atoms with van der Waals surface area (Å²) in [6.45, 7) is 13.5. The van der Waals surface area contributed by atoms with Gasteiger partial charge in [-0.25, -0.2) is 8.78 Å². The van der Waals surface area contributed by atoms with Gasteiger partial charge in [0.15, 0.2) is 0 Å². The van der Waals surface area contributed by atoms with Gasteiger partial charge in [-0.05, 0) is 69.5 Å². The quantitative estimate of drug-likeness (QED) is 0.265. The number of phenolic OH excluding ortho intramolecular Hbond substituents is 1. The van der Waals surface area contributed by atoms with Crippen LogP contribution >= 0.6 is 0 Å². The minimum absolute atomic E-state index is 0.0411. The van der Waals surface area contributed by atoms with Crippen molar-refractivity contribution in [3.05, 3.63) is 87.0 Å². The predicted molar refractivity (Wildman–Crippen MR) is 156 cm³/mol. The summed E-state index contributed by atoms with van der Waals surface area (Å²) < 4.78 is 27.8. The average Bonchev–Trinajstić information content (AvgIpc) is 2.84. The first-order valence-corrected chi connectivity index (χ1v) is 13.2. The fraction of sp³-hybridized carbons (Fsp3) is 0.394. The second kappa shape index (κ2) is 10.8. The van der Waals surface area contributed by atoms with Crippen LogP contribution in [0.5, 0.6) is 5.75 Å². The molecule has 7 heteroatoms. The summed E-state index contributed by atoms with van der Waals surface area (Å²) in [5.74, 6) is -0.0411. The molecule has 40 heavy (non-hydrogen) atoms. The molecule has 0 amide bonds. The van der Waals surface area contributed by atoms with Crippen molar-refractivity contribution in [2.24, 2.45) is 0 Å². The fourth-order valence-electron chi connectivity index (χ4n) is 6.02. The van der Waals surface area contributed by atoms with Gasteiger partial charge < -0.3 is 16.6 Å². The first kappa shape index (κ1) is 30.4. The van der Waals surface area contributed by atoms with Gasteiger partial charge in [-0.3, -0.25) is 0 Å². The first-order valence-electron chi connectivity index (χ1n) is 13.2. The van der Waals surface area contributed by atoms with E-state index in [1.807, 2.05) is 54.5 Å². The van der Waals surface area contributed by atoms with Crippen LogP contribution in [0.2, 0.25) is 0 Å². The monoisotopic (exact) mass is 544 g/mol. The molecule has 210 valence electrons. The molecule has 3 aromatic carbocycles. The summed E-state index contributed by atoms with van der Waals surface area (Å²) in [5.41, 5.74) is 14.9. The van der Waals surface area contributed by atoms with Gasteiger partial charge in [-0.15, -0.1) is 0 Å². The zero-order valence-corrected chi connectivity index (χ0v) is 24.3. The first-order chi connectivity index (χ1) is 18.5. The number of phenols is 1. The van der Waals surface area contributed by atoms with E-state index in [9.17, 15) is 24.4 Å². The molecule has 0 spiro atoms. The summed E-state index contributed by atoms with van der Waals surface area (Å²) in [6.07, 6.45) is -2.10. The van der Waals surface area contributed by atoms with Crippen LogP contribution in [0.15, 0.2) is 42.5 Å². The number of aromatic hydroxyl groups is 1. The highest BCUT2D eigenvalue weighted by Crippen LogP contribution is 2.43. The maximum absolute atomic E-state index is 13.9. The molecule has 0 aromatic heterocycles. The number of halogens is 2. The van der Waals surface area contributed by atoms with E-state index in [2.05, 4.69) is 12.1 Å². The van der Waals surface area contributed by atoms with Crippen molar-refractivity contribution in [3.8, 4) is 17.9 Å². The smallest absolute Gasteiger partial charge is 0.264 e. The fourth-order valence-corrected chi connectivity index (χ4v) is 6.02. The number of hydrogen-bond acceptors (Lipinski definition) is 5. The Balaban J connectivity index is 2.15. The number of alkyl halides is 2. The molecule has 0 heterocycles. The van der Waals surface area contributed by atoms with Crippen LogP contribution < -0.4 is 11.5 Å². The second-order valence-electron chi connectivity index (χ2n) is 12.8. The SMILES string of the molecule is CC(C)(C)c1c(N)ccc(CC(C)(C)c2c(O)ccc(CC(C)(C)c3c(N)cccc3C(F)F)c2C#N)c1C#N. The minimum Gasteiger partial charge on any atom is -0.508 e. The van der Waals surface area contributed by atoms with Crippen LogP contribution in [-0.4, -0.2) is 5.11 Å². The normalized spacial score (nSPS) is 12.3. The minimum atomic E-state index is -2.70. The average molecular weight is 545 g/mol. The van der Waals surface area contributed by atoms with Gasteiger partial charge in [-0.2, -0.15) is 10.5 Å². The van der Waals surface area contributed by atoms with Crippen molar-refractivity contribution in [1.29, 1.82) is 10.5 Å². The largest absolute Gasteiger partial charge is 0.508 e. The van der Waals surface area contributed by atoms with Crippen molar-refractivity contribution in [2.45, 2.75) is 84.0 Å². The maximum atomic E-state index is 13.9. The Bertz CT molecular complexity index is 1520. The summed E-state index contributed by atoms with van der Waals surface area (Å²) in [7, 11) is 0. The molecule has 0 atom stereocenters. The number of benzene rings is 3. The van der Waals surface area contributed by atoms with E-state index in [0.717, 1.165) is 11.1 Å². The standard InChI is InChI=1S/C33H38F2N4O/c1-31(2,3)27-22(17-36)19(11-13-25(27)39)16-33(6,7)29-23(18-37)20(12-14-26(29)40)15-32(4,5)28-21(30(34)35)9-8-10-24(28)38/h8-14,30,40H,15-16,38-39H2,1-7H3. The van der Waals surface area contributed by atoms with Crippen molar-refractivity contribution in [3.63, 3.8) is 0 Å². The molecule has 0 aliphatic rings. The molecule has 0 radical (unpaired) electrons. The van der Waals surface area contributed by atoms with Crippen LogP contribution in [0.4, 0.5) is 20.2 Å². The molecule has 0 bridgehead atoms. The molecular weight excluding hydrogens is 506 g/mol. The Kier molecular flexibility index (Phi) is 8.23. The van der Waals surface area contributed by atoms with Gasteiger partial charge in [0.25, 0.3) is 6.43 Å². The van der Waals surface area contributed by atoms with E-state index < -0.39 is 17.3 Å². The Hall–Kier alpha value is -4.10. The number of anilines is 2. The lowest BCUT2D eigenvalue weighted by molar-refractivity contribution is 0.148. The third-order valence-corrected chi connectivity index (χ3v) is 7.55. The summed E-state index contributed by atoms with van der Waals surface area (Å²) in [5, 5.41) is 31.5. The zero-order valence-electron chi connectivity index (χ0n) is 24.3. The highest BCUT2D eigenvalue weighted by atomic mass is 19.3. The Labute approximate surface area is 236 Å². The van der Waals surface area contributed by atoms with Crippen molar-refractivity contribution < 1.29 is 13.9 Å². The number of nitrogens with two attached hydrogens (primary N) is 2. The van der Waals surface area contributed by atoms with Gasteiger partial charge in [-0.1, -0.05) is 72.7 Å². The van der Waals surface area contributed by atoms with Crippen LogP contribution in [0.1, 0.15) is 99.4 Å². The molecular formula is C33H38F2N4O. The third kappa shape index (κ3) is 5.75. The number of nitrogens with zero attached hydrogens (tertiary/aromatic N) is 2. The molecule has 0 saturated heterocycles. The molecule has 0 aliphatic carbocycles. The summed E-state index contributed by atoms with van der Waals surface area (Å²) in [6, 6.07) is 15.9. The van der Waals surface area contributed by atoms with Crippen LogP contribution in [0, 0.1) is 22.7 Å². The zero-order chi connectivity index (χ0) is 30.2. The number of rotatable bonds is 7. The molecule has 0 unspecified atom stereocenters. The lowest BCUT2D eigenvalue weighted by Gasteiger charge is -2.33. The Morgan fingerprint density at radius 2 is 1.20 bits per heavy atom. The number of nitrogen functional groups attached to an aromatic ring is 2. The molecule has 5 N–H and O–H groups in total. The number of nitriles is 2. The Morgan fingerprint density at radius 3 is 1.70 bits per heavy atom. The second-order valence-corrected chi connectivity index (χ2v) is 12.8. The van der Waals surface area contributed by atoms with Gasteiger partial charge in [0.05, 0.1) is 23.3 Å². The molecule has 0 saturated carbocycles. The van der Waals surface area contributed by atoms with Crippen LogP contribution in [0.25, 0.3) is 0 Å². The summed E-state index contributed by atoms with van der Waals surface area (Å²) in [4.78, 5) is 0. The molecule has 0 fully saturated rings. The molecule has 3 rings (SSSR count). The predicted octanol–water partition coefficient (Wildman–Crippen LogP) is 7.58. The molecule has 0 aliphatic heterocycles. The van der Waals surface area contributed by atoms with Gasteiger partial charge >= 0.3 is 0 Å². The maximum Gasteiger partial charge on any atom is 0.264 e. The van der Waals surface area contributed by atoms with E-state index >= 15 is 0 Å². The lowest BCUT2D eigenvalue weighted by atomic mass is 9.71. The third-order valence-electron chi connectivity index (χ3n) is 7.55. The van der Waals surface area contributed by atoms with E-state index in [-0.39, 0.29) is 34.4 Å². The van der Waals surface area contributed by atoms with Crippen molar-refractivity contribution >= 4 is 11.4 Å². The molecule has 5 nitrogen and oxygen atoms in total. The van der Waals surface area contributed by atoms with E-state index in [1.54, 1.807) is 24.3 Å². The van der Waals surface area contributed by atoms with E-state index in [1.165, 1.54) is 12.1 Å². The van der Waals surface area contributed by atoms with Crippen molar-refractivity contribution in [2.75, 3.05) is 11.5 Å². The topological polar surface area (TPSA) is 120 Å². The van der Waals surface area contributed by atoms with Gasteiger partial charge in [0.2, 0.25) is 0 Å². The summed E-state index contributed by atoms with van der Waals surface area (Å²) >= 11 is 0. The van der Waals surface area contributed by atoms with Crippen LogP contribution in [-0.2, 0) is 29.1 Å². The highest BCUT2D eigenvalue weighted by Gasteiger charge is 2.35. The van der Waals surface area contributed by atoms with Crippen LogP contribution in [0.3, 0.4) is 0 Å². The highest BCUT2D eigenvalue weighted by molar-refractivity contribution is 5.63. The van der Waals surface area contributed by atoms with Gasteiger partial charge in [0.1, 0.15) is 5.75 Å². The van der Waals surface area contributed by atoms with E-state index in [0.29, 0.717) is 34.4 Å². The van der Waals surface area contributed by atoms with Gasteiger partial charge in [0, 0.05) is 22.5 Å². The lowest BCUT2D eigenvalue weighted by Crippen LogP contribution is -2.27. The van der Waals surface area contributed by atoms with Crippen molar-refractivity contribution in [1.82, 2.24) is 0 Å².